The Hall–Kier alpha value is -1.20. The third kappa shape index (κ3) is 4.22. The van der Waals surface area contributed by atoms with Gasteiger partial charge in [-0.25, -0.2) is 4.79 Å². The van der Waals surface area contributed by atoms with Crippen LogP contribution in [0.2, 0.25) is 0 Å². The summed E-state index contributed by atoms with van der Waals surface area (Å²) < 4.78 is 5.37. The molecular weight excluding hydrogens is 216 g/mol. The summed E-state index contributed by atoms with van der Waals surface area (Å²) in [6, 6.07) is 9.03. The molecule has 0 bridgehead atoms. The van der Waals surface area contributed by atoms with Gasteiger partial charge in [-0.3, -0.25) is 0 Å². The van der Waals surface area contributed by atoms with Crippen molar-refractivity contribution in [2.75, 3.05) is 0 Å². The van der Waals surface area contributed by atoms with Crippen LogP contribution in [-0.2, 0) is 4.79 Å². The first-order valence-corrected chi connectivity index (χ1v) is 5.32. The van der Waals surface area contributed by atoms with Gasteiger partial charge in [0, 0.05) is 0 Å². The van der Waals surface area contributed by atoms with Crippen molar-refractivity contribution >= 4 is 17.7 Å². The molecule has 5 heteroatoms. The Morgan fingerprint density at radius 3 is 2.53 bits per heavy atom. The minimum absolute atomic E-state index is 0.418. The predicted molar refractivity (Wildman–Crippen MR) is 57.8 cm³/mol. The van der Waals surface area contributed by atoms with E-state index in [4.69, 9.17) is 14.9 Å². The number of rotatable bonds is 5. The SMILES string of the molecule is CC(Oc1ccccc1)SC(O)C(=O)O. The lowest BCUT2D eigenvalue weighted by atomic mass is 10.3. The zero-order valence-corrected chi connectivity index (χ0v) is 8.98. The van der Waals surface area contributed by atoms with Gasteiger partial charge in [0.15, 0.2) is 0 Å². The summed E-state index contributed by atoms with van der Waals surface area (Å²) >= 11 is 0.836. The largest absolute Gasteiger partial charge is 0.480 e. The second kappa shape index (κ2) is 5.63. The number of para-hydroxylation sites is 1. The molecule has 0 aliphatic carbocycles. The third-order valence-electron chi connectivity index (χ3n) is 1.58. The number of benzene rings is 1. The van der Waals surface area contributed by atoms with E-state index in [1.807, 2.05) is 18.2 Å². The summed E-state index contributed by atoms with van der Waals surface area (Å²) in [6.07, 6.45) is 0. The predicted octanol–water partition coefficient (Wildman–Crippen LogP) is 1.55. The molecule has 0 saturated carbocycles. The molecule has 0 saturated heterocycles. The van der Waals surface area contributed by atoms with Crippen LogP contribution < -0.4 is 4.74 Å². The summed E-state index contributed by atoms with van der Waals surface area (Å²) in [6.45, 7) is 1.68. The Morgan fingerprint density at radius 2 is 2.00 bits per heavy atom. The van der Waals surface area contributed by atoms with Crippen molar-refractivity contribution in [1.29, 1.82) is 0 Å². The van der Waals surface area contributed by atoms with E-state index < -0.39 is 16.8 Å². The molecule has 0 heterocycles. The highest BCUT2D eigenvalue weighted by Crippen LogP contribution is 2.20. The number of aliphatic hydroxyl groups excluding tert-OH is 1. The maximum absolute atomic E-state index is 10.4. The quantitative estimate of drug-likeness (QED) is 0.748. The minimum atomic E-state index is -1.45. The van der Waals surface area contributed by atoms with Crippen LogP contribution in [0.15, 0.2) is 30.3 Å². The van der Waals surface area contributed by atoms with E-state index in [9.17, 15) is 4.79 Å². The summed E-state index contributed by atoms with van der Waals surface area (Å²) in [5.74, 6) is -0.612. The van der Waals surface area contributed by atoms with Gasteiger partial charge in [0.05, 0.1) is 0 Å². The maximum atomic E-state index is 10.4. The van der Waals surface area contributed by atoms with Gasteiger partial charge >= 0.3 is 5.97 Å². The van der Waals surface area contributed by atoms with Gasteiger partial charge < -0.3 is 14.9 Å². The number of carbonyl (C=O) groups is 1. The molecule has 0 radical (unpaired) electrons. The van der Waals surface area contributed by atoms with E-state index in [0.717, 1.165) is 11.8 Å². The first-order chi connectivity index (χ1) is 7.09. The number of thioether (sulfide) groups is 1. The van der Waals surface area contributed by atoms with Gasteiger partial charge in [0.1, 0.15) is 11.2 Å². The fraction of sp³-hybridized carbons (Fsp3) is 0.300. The van der Waals surface area contributed by atoms with Gasteiger partial charge in [-0.1, -0.05) is 30.0 Å². The Morgan fingerprint density at radius 1 is 1.40 bits per heavy atom. The molecule has 82 valence electrons. The Kier molecular flexibility index (Phi) is 4.45. The first-order valence-electron chi connectivity index (χ1n) is 4.37. The van der Waals surface area contributed by atoms with Crippen molar-refractivity contribution in [2.45, 2.75) is 17.8 Å². The van der Waals surface area contributed by atoms with E-state index in [1.165, 1.54) is 0 Å². The molecule has 2 unspecified atom stereocenters. The summed E-state index contributed by atoms with van der Waals surface area (Å²) in [5, 5.41) is 17.5. The van der Waals surface area contributed by atoms with E-state index in [2.05, 4.69) is 0 Å². The van der Waals surface area contributed by atoms with Gasteiger partial charge in [-0.05, 0) is 19.1 Å². The molecular formula is C10H12O4S. The van der Waals surface area contributed by atoms with Crippen LogP contribution in [0.1, 0.15) is 6.92 Å². The van der Waals surface area contributed by atoms with Crippen LogP contribution in [0.4, 0.5) is 0 Å². The van der Waals surface area contributed by atoms with Crippen molar-refractivity contribution in [1.82, 2.24) is 0 Å². The van der Waals surface area contributed by atoms with E-state index in [0.29, 0.717) is 5.75 Å². The van der Waals surface area contributed by atoms with E-state index in [1.54, 1.807) is 19.1 Å². The summed E-state index contributed by atoms with van der Waals surface area (Å²) in [5.41, 5.74) is -1.87. The average molecular weight is 228 g/mol. The van der Waals surface area contributed by atoms with Crippen molar-refractivity contribution in [2.24, 2.45) is 0 Å². The van der Waals surface area contributed by atoms with Crippen LogP contribution in [0.5, 0.6) is 5.75 Å². The van der Waals surface area contributed by atoms with E-state index in [-0.39, 0.29) is 0 Å². The zero-order valence-electron chi connectivity index (χ0n) is 8.16. The Bertz CT molecular complexity index is 314. The monoisotopic (exact) mass is 228 g/mol. The Labute approximate surface area is 91.9 Å². The maximum Gasteiger partial charge on any atom is 0.343 e. The third-order valence-corrected chi connectivity index (χ3v) is 2.52. The number of hydrogen-bond acceptors (Lipinski definition) is 4. The second-order valence-corrected chi connectivity index (χ2v) is 4.21. The average Bonchev–Trinajstić information content (AvgIpc) is 2.18. The molecule has 2 atom stereocenters. The summed E-state index contributed by atoms with van der Waals surface area (Å²) in [7, 11) is 0. The van der Waals surface area contributed by atoms with Crippen LogP contribution in [0.25, 0.3) is 0 Å². The van der Waals surface area contributed by atoms with Crippen LogP contribution in [-0.4, -0.2) is 27.1 Å². The molecule has 2 N–H and O–H groups in total. The lowest BCUT2D eigenvalue weighted by Crippen LogP contribution is -2.20. The van der Waals surface area contributed by atoms with Gasteiger partial charge in [0.2, 0.25) is 5.44 Å². The van der Waals surface area contributed by atoms with Crippen LogP contribution in [0.3, 0.4) is 0 Å². The fourth-order valence-electron chi connectivity index (χ4n) is 0.958. The zero-order chi connectivity index (χ0) is 11.3. The number of aliphatic carboxylic acids is 1. The van der Waals surface area contributed by atoms with Gasteiger partial charge in [-0.15, -0.1) is 0 Å². The lowest BCUT2D eigenvalue weighted by molar-refractivity contribution is -0.142. The van der Waals surface area contributed by atoms with Crippen molar-refractivity contribution in [3.63, 3.8) is 0 Å². The normalized spacial score (nSPS) is 14.3. The number of carboxylic acid groups (broad SMARTS) is 1. The molecule has 0 spiro atoms. The van der Waals surface area contributed by atoms with Gasteiger partial charge in [0.25, 0.3) is 0 Å². The second-order valence-electron chi connectivity index (χ2n) is 2.83. The molecule has 0 aromatic heterocycles. The van der Waals surface area contributed by atoms with Crippen molar-refractivity contribution in [3.8, 4) is 5.75 Å². The fourth-order valence-corrected chi connectivity index (χ4v) is 1.60. The molecule has 0 amide bonds. The van der Waals surface area contributed by atoms with Crippen molar-refractivity contribution < 1.29 is 19.7 Å². The number of carboxylic acids is 1. The molecule has 0 aliphatic heterocycles. The number of ether oxygens (including phenoxy) is 1. The first kappa shape index (κ1) is 11.9. The Balaban J connectivity index is 2.43. The number of aliphatic hydroxyl groups is 1. The molecule has 15 heavy (non-hydrogen) atoms. The molecule has 4 nitrogen and oxygen atoms in total. The van der Waals surface area contributed by atoms with Crippen molar-refractivity contribution in [3.05, 3.63) is 30.3 Å². The van der Waals surface area contributed by atoms with Crippen LogP contribution >= 0.6 is 11.8 Å². The standard InChI is InChI=1S/C10H12O4S/c1-7(15-10(13)9(11)12)14-8-5-3-2-4-6-8/h2-7,10,13H,1H3,(H,11,12). The topological polar surface area (TPSA) is 66.8 Å². The number of hydrogen-bond donors (Lipinski definition) is 2. The molecule has 0 aliphatic rings. The van der Waals surface area contributed by atoms with Crippen LogP contribution in [0, 0.1) is 0 Å². The molecule has 1 rings (SSSR count). The molecule has 0 fully saturated rings. The molecule has 1 aromatic carbocycles. The lowest BCUT2D eigenvalue weighted by Gasteiger charge is -2.15. The highest BCUT2D eigenvalue weighted by atomic mass is 32.2. The smallest absolute Gasteiger partial charge is 0.343 e. The minimum Gasteiger partial charge on any atom is -0.480 e. The highest BCUT2D eigenvalue weighted by Gasteiger charge is 2.18. The highest BCUT2D eigenvalue weighted by molar-refractivity contribution is 8.00. The molecule has 1 aromatic rings. The van der Waals surface area contributed by atoms with E-state index >= 15 is 0 Å². The van der Waals surface area contributed by atoms with Gasteiger partial charge in [-0.2, -0.15) is 0 Å². The summed E-state index contributed by atoms with van der Waals surface area (Å²) in [4.78, 5) is 10.4.